The number of aromatic nitrogens is 1. The zero-order chi connectivity index (χ0) is 21.3. The van der Waals surface area contributed by atoms with Crippen LogP contribution in [0.2, 0.25) is 0 Å². The highest BCUT2D eigenvalue weighted by atomic mass is 16.5. The van der Waals surface area contributed by atoms with Gasteiger partial charge in [-0.25, -0.2) is 4.99 Å². The number of aromatic amines is 1. The maximum atomic E-state index is 13.3. The summed E-state index contributed by atoms with van der Waals surface area (Å²) in [5, 5.41) is 1.10. The summed E-state index contributed by atoms with van der Waals surface area (Å²) < 4.78 is 16.1. The molecule has 154 valence electrons. The molecule has 6 nitrogen and oxygen atoms in total. The lowest BCUT2D eigenvalue weighted by atomic mass is 9.91. The van der Waals surface area contributed by atoms with E-state index in [0.717, 1.165) is 28.6 Å². The van der Waals surface area contributed by atoms with Gasteiger partial charge in [-0.15, -0.1) is 0 Å². The van der Waals surface area contributed by atoms with Crippen LogP contribution >= 0.6 is 0 Å². The Kier molecular flexibility index (Phi) is 5.31. The van der Waals surface area contributed by atoms with Gasteiger partial charge in [-0.05, 0) is 24.6 Å². The van der Waals surface area contributed by atoms with E-state index in [2.05, 4.69) is 18.0 Å². The van der Waals surface area contributed by atoms with Crippen LogP contribution in [0.1, 0.15) is 29.3 Å². The Balaban J connectivity index is 1.75. The zero-order valence-electron chi connectivity index (χ0n) is 17.5. The van der Waals surface area contributed by atoms with Crippen molar-refractivity contribution in [1.82, 2.24) is 4.98 Å². The third-order valence-corrected chi connectivity index (χ3v) is 5.40. The molecule has 0 radical (unpaired) electrons. The lowest BCUT2D eigenvalue weighted by molar-refractivity contribution is 0.103. The Morgan fingerprint density at radius 3 is 2.43 bits per heavy atom. The zero-order valence-corrected chi connectivity index (χ0v) is 17.5. The molecule has 0 saturated carbocycles. The molecule has 0 bridgehead atoms. The molecule has 4 rings (SSSR count). The van der Waals surface area contributed by atoms with Crippen molar-refractivity contribution in [2.75, 3.05) is 21.3 Å². The van der Waals surface area contributed by atoms with E-state index in [4.69, 9.17) is 19.2 Å². The normalized spacial score (nSPS) is 16.1. The number of allylic oxidation sites excluding steroid dienone is 2. The van der Waals surface area contributed by atoms with Crippen LogP contribution < -0.4 is 14.2 Å². The molecule has 1 aromatic heterocycles. The number of methoxy groups -OCH3 is 3. The molecule has 1 aliphatic rings. The number of aliphatic imine (C=N–C) groups is 1. The quantitative estimate of drug-likeness (QED) is 0.600. The number of benzene rings is 2. The number of carbonyl (C=O) groups excluding carboxylic acids is 1. The predicted molar refractivity (Wildman–Crippen MR) is 117 cm³/mol. The molecule has 0 amide bonds. The van der Waals surface area contributed by atoms with E-state index < -0.39 is 0 Å². The van der Waals surface area contributed by atoms with Gasteiger partial charge in [0.15, 0.2) is 11.5 Å². The Hall–Kier alpha value is -3.54. The molecular formula is C24H24N2O4. The Morgan fingerprint density at radius 1 is 1.07 bits per heavy atom. The summed E-state index contributed by atoms with van der Waals surface area (Å²) in [6.45, 7) is 2.12. The summed E-state index contributed by atoms with van der Waals surface area (Å²) >= 11 is 0. The topological polar surface area (TPSA) is 72.9 Å². The first kappa shape index (κ1) is 19.8. The van der Waals surface area contributed by atoms with E-state index in [1.54, 1.807) is 12.1 Å². The van der Waals surface area contributed by atoms with Crippen molar-refractivity contribution in [3.8, 4) is 17.2 Å². The molecule has 1 atom stereocenters. The minimum absolute atomic E-state index is 0.182. The van der Waals surface area contributed by atoms with Crippen LogP contribution in [-0.2, 0) is 0 Å². The van der Waals surface area contributed by atoms with Crippen LogP contribution in [0.5, 0.6) is 17.2 Å². The summed E-state index contributed by atoms with van der Waals surface area (Å²) in [7, 11) is 4.59. The number of H-pyrrole nitrogens is 1. The lowest BCUT2D eigenvalue weighted by Gasteiger charge is -2.19. The summed E-state index contributed by atoms with van der Waals surface area (Å²) in [5.74, 6) is 1.35. The maximum Gasteiger partial charge on any atom is 0.211 e. The number of rotatable bonds is 6. The van der Waals surface area contributed by atoms with Crippen molar-refractivity contribution in [3.63, 3.8) is 0 Å². The molecule has 0 spiro atoms. The van der Waals surface area contributed by atoms with Gasteiger partial charge in [-0.3, -0.25) is 4.79 Å². The Morgan fingerprint density at radius 2 is 1.77 bits per heavy atom. The predicted octanol–water partition coefficient (Wildman–Crippen LogP) is 4.79. The minimum Gasteiger partial charge on any atom is -0.493 e. The van der Waals surface area contributed by atoms with Gasteiger partial charge in [0, 0.05) is 34.1 Å². The minimum atomic E-state index is -0.182. The summed E-state index contributed by atoms with van der Waals surface area (Å²) in [6, 6.07) is 11.4. The molecule has 1 N–H and O–H groups in total. The van der Waals surface area contributed by atoms with E-state index in [9.17, 15) is 4.79 Å². The number of nitrogens with zero attached hydrogens (tertiary/aromatic N) is 1. The molecule has 2 heterocycles. The third-order valence-electron chi connectivity index (χ3n) is 5.40. The van der Waals surface area contributed by atoms with Crippen molar-refractivity contribution < 1.29 is 19.0 Å². The number of ketones is 1. The van der Waals surface area contributed by atoms with Gasteiger partial charge in [0.25, 0.3) is 0 Å². The fourth-order valence-electron chi connectivity index (χ4n) is 3.80. The SMILES string of the molecule is COc1cc(C(=O)C2=CCC(C)C(c3c[nH]c4ccccc34)=N2)cc(OC)c1OC. The smallest absolute Gasteiger partial charge is 0.211 e. The highest BCUT2D eigenvalue weighted by Crippen LogP contribution is 2.39. The van der Waals surface area contributed by atoms with Gasteiger partial charge < -0.3 is 19.2 Å². The van der Waals surface area contributed by atoms with Crippen molar-refractivity contribution in [1.29, 1.82) is 0 Å². The van der Waals surface area contributed by atoms with Crippen molar-refractivity contribution >= 4 is 22.4 Å². The molecule has 1 unspecified atom stereocenters. The monoisotopic (exact) mass is 404 g/mol. The van der Waals surface area contributed by atoms with Crippen molar-refractivity contribution in [3.05, 3.63) is 65.5 Å². The number of carbonyl (C=O) groups is 1. The van der Waals surface area contributed by atoms with E-state index in [1.807, 2.05) is 30.5 Å². The van der Waals surface area contributed by atoms with Crippen LogP contribution in [0.3, 0.4) is 0 Å². The first-order valence-corrected chi connectivity index (χ1v) is 9.77. The van der Waals surface area contributed by atoms with Crippen LogP contribution in [0, 0.1) is 5.92 Å². The molecule has 2 aromatic carbocycles. The number of para-hydroxylation sites is 1. The number of nitrogens with one attached hydrogen (secondary N) is 1. The van der Waals surface area contributed by atoms with Crippen LogP contribution in [0.15, 0.2) is 59.4 Å². The summed E-state index contributed by atoms with van der Waals surface area (Å²) in [4.78, 5) is 21.4. The first-order chi connectivity index (χ1) is 14.6. The van der Waals surface area contributed by atoms with Gasteiger partial charge in [0.2, 0.25) is 11.5 Å². The summed E-state index contributed by atoms with van der Waals surface area (Å²) in [5.41, 5.74) is 3.84. The molecule has 3 aromatic rings. The lowest BCUT2D eigenvalue weighted by Crippen LogP contribution is -2.18. The fraction of sp³-hybridized carbons (Fsp3) is 0.250. The second-order valence-corrected chi connectivity index (χ2v) is 7.21. The van der Waals surface area contributed by atoms with Gasteiger partial charge in [0.1, 0.15) is 5.70 Å². The molecule has 6 heteroatoms. The Labute approximate surface area is 175 Å². The van der Waals surface area contributed by atoms with E-state index >= 15 is 0 Å². The van der Waals surface area contributed by atoms with E-state index in [-0.39, 0.29) is 11.7 Å². The number of fused-ring (bicyclic) bond motifs is 1. The van der Waals surface area contributed by atoms with Gasteiger partial charge in [-0.1, -0.05) is 31.2 Å². The molecule has 0 saturated heterocycles. The second-order valence-electron chi connectivity index (χ2n) is 7.21. The van der Waals surface area contributed by atoms with Crippen LogP contribution in [0.25, 0.3) is 10.9 Å². The average molecular weight is 404 g/mol. The number of hydrogen-bond donors (Lipinski definition) is 1. The number of Topliss-reactive ketones (excluding diaryl/α,β-unsaturated/α-hetero) is 1. The second kappa shape index (κ2) is 8.06. The molecular weight excluding hydrogens is 380 g/mol. The fourth-order valence-corrected chi connectivity index (χ4v) is 3.80. The van der Waals surface area contributed by atoms with Gasteiger partial charge in [0.05, 0.1) is 27.0 Å². The Bertz CT molecular complexity index is 1150. The molecule has 1 aliphatic heterocycles. The number of ether oxygens (including phenoxy) is 3. The highest BCUT2D eigenvalue weighted by Gasteiger charge is 2.25. The average Bonchev–Trinajstić information content (AvgIpc) is 3.21. The maximum absolute atomic E-state index is 13.3. The standard InChI is InChI=1S/C24H24N2O4/c1-14-9-10-19(26-22(14)17-13-25-18-8-6-5-7-16(17)18)23(27)15-11-20(28-2)24(30-4)21(12-15)29-3/h5-8,10-14,25H,9H2,1-4H3. The summed E-state index contributed by atoms with van der Waals surface area (Å²) in [6.07, 6.45) is 4.60. The molecule has 30 heavy (non-hydrogen) atoms. The van der Waals surface area contributed by atoms with E-state index in [0.29, 0.717) is 28.5 Å². The third kappa shape index (κ3) is 3.34. The molecule has 0 aliphatic carbocycles. The molecule has 0 fully saturated rings. The first-order valence-electron chi connectivity index (χ1n) is 9.77. The van der Waals surface area contributed by atoms with Crippen molar-refractivity contribution in [2.45, 2.75) is 13.3 Å². The largest absolute Gasteiger partial charge is 0.493 e. The number of hydrogen-bond acceptors (Lipinski definition) is 5. The van der Waals surface area contributed by atoms with Crippen LogP contribution in [-0.4, -0.2) is 37.8 Å². The van der Waals surface area contributed by atoms with Crippen molar-refractivity contribution in [2.24, 2.45) is 10.9 Å². The van der Waals surface area contributed by atoms with Gasteiger partial charge in [-0.2, -0.15) is 0 Å². The van der Waals surface area contributed by atoms with Crippen LogP contribution in [0.4, 0.5) is 0 Å². The highest BCUT2D eigenvalue weighted by molar-refractivity contribution is 6.16. The van der Waals surface area contributed by atoms with E-state index in [1.165, 1.54) is 21.3 Å². The van der Waals surface area contributed by atoms with Gasteiger partial charge >= 0.3 is 0 Å².